The van der Waals surface area contributed by atoms with E-state index in [1.165, 1.54) is 0 Å². The predicted octanol–water partition coefficient (Wildman–Crippen LogP) is 11.9. The lowest BCUT2D eigenvalue weighted by Crippen LogP contribution is -2.10. The van der Waals surface area contributed by atoms with Crippen molar-refractivity contribution >= 4 is 27.3 Å². The summed E-state index contributed by atoms with van der Waals surface area (Å²) in [5, 5.41) is 3.96. The maximum absolute atomic E-state index is 15.8. The zero-order valence-electron chi connectivity index (χ0n) is 25.2. The van der Waals surface area contributed by atoms with Crippen LogP contribution in [0.4, 0.5) is 0 Å². The Morgan fingerprint density at radius 3 is 1.00 bits per heavy atom. The summed E-state index contributed by atoms with van der Waals surface area (Å²) in [7, 11) is 0. The van der Waals surface area contributed by atoms with Gasteiger partial charge in [0.25, 0.3) is 0 Å². The molecule has 46 heavy (non-hydrogen) atoms. The molecule has 0 fully saturated rings. The van der Waals surface area contributed by atoms with Crippen molar-refractivity contribution in [1.29, 1.82) is 0 Å². The van der Waals surface area contributed by atoms with E-state index in [1.54, 1.807) is 0 Å². The van der Waals surface area contributed by atoms with Crippen molar-refractivity contribution in [1.82, 2.24) is 0 Å². The fraction of sp³-hybridized carbons (Fsp3) is 0. The minimum absolute atomic E-state index is 0.0145. The van der Waals surface area contributed by atoms with E-state index in [4.69, 9.17) is 0 Å². The molecule has 0 spiro atoms. The van der Waals surface area contributed by atoms with Gasteiger partial charge in [-0.1, -0.05) is 170 Å². The van der Waals surface area contributed by atoms with Gasteiger partial charge in [0, 0.05) is 22.3 Å². The summed E-state index contributed by atoms with van der Waals surface area (Å²) >= 11 is 0. The molecule has 8 aromatic carbocycles. The number of carbonyl (C=O) groups is 1. The van der Waals surface area contributed by atoms with Crippen molar-refractivity contribution in [2.45, 2.75) is 0 Å². The molecule has 0 heterocycles. The lowest BCUT2D eigenvalue weighted by Gasteiger charge is -2.22. The summed E-state index contributed by atoms with van der Waals surface area (Å²) < 4.78 is 0. The van der Waals surface area contributed by atoms with Crippen LogP contribution in [0.5, 0.6) is 0 Å². The third-order valence-corrected chi connectivity index (χ3v) is 8.85. The molecule has 0 saturated heterocycles. The largest absolute Gasteiger partial charge is 0.289 e. The van der Waals surface area contributed by atoms with Crippen LogP contribution in [-0.2, 0) is 0 Å². The van der Waals surface area contributed by atoms with Crippen LogP contribution in [0.25, 0.3) is 66.1 Å². The molecule has 0 unspecified atom stereocenters. The van der Waals surface area contributed by atoms with E-state index in [1.807, 2.05) is 72.8 Å². The Bertz CT molecular complexity index is 2170. The van der Waals surface area contributed by atoms with Crippen molar-refractivity contribution in [2.75, 3.05) is 0 Å². The molecule has 0 N–H and O–H groups in total. The zero-order chi connectivity index (χ0) is 30.9. The molecule has 0 bridgehead atoms. The quantitative estimate of drug-likeness (QED) is 0.177. The van der Waals surface area contributed by atoms with E-state index in [-0.39, 0.29) is 5.78 Å². The highest BCUT2D eigenvalue weighted by Crippen LogP contribution is 2.45. The summed E-state index contributed by atoms with van der Waals surface area (Å²) in [6.45, 7) is 0. The molecular weight excluding hydrogens is 556 g/mol. The van der Waals surface area contributed by atoms with E-state index < -0.39 is 0 Å². The number of benzene rings is 8. The Morgan fingerprint density at radius 2 is 0.630 bits per heavy atom. The molecule has 0 aliphatic carbocycles. The highest BCUT2D eigenvalue weighted by Gasteiger charge is 2.28. The Hall–Kier alpha value is -6.05. The van der Waals surface area contributed by atoms with Crippen LogP contribution in [0.2, 0.25) is 0 Å². The predicted molar refractivity (Wildman–Crippen MR) is 193 cm³/mol. The fourth-order valence-corrected chi connectivity index (χ4v) is 6.79. The van der Waals surface area contributed by atoms with Crippen LogP contribution in [0, 0.1) is 0 Å². The van der Waals surface area contributed by atoms with E-state index in [0.717, 1.165) is 77.2 Å². The smallest absolute Gasteiger partial charge is 0.195 e. The number of rotatable bonds is 6. The second-order valence-electron chi connectivity index (χ2n) is 11.6. The van der Waals surface area contributed by atoms with E-state index in [2.05, 4.69) is 109 Å². The number of hydrogen-bond acceptors (Lipinski definition) is 1. The highest BCUT2D eigenvalue weighted by atomic mass is 16.1. The molecule has 1 nitrogen and oxygen atoms in total. The van der Waals surface area contributed by atoms with Gasteiger partial charge in [0.2, 0.25) is 0 Å². The van der Waals surface area contributed by atoms with Gasteiger partial charge in [-0.05, 0) is 67.1 Å². The van der Waals surface area contributed by atoms with Crippen LogP contribution in [0.1, 0.15) is 15.9 Å². The van der Waals surface area contributed by atoms with E-state index >= 15 is 4.79 Å². The monoisotopic (exact) mass is 586 g/mol. The van der Waals surface area contributed by atoms with Gasteiger partial charge in [0.1, 0.15) is 0 Å². The minimum atomic E-state index is 0.0145. The molecule has 0 aliphatic heterocycles. The third-order valence-electron chi connectivity index (χ3n) is 8.85. The van der Waals surface area contributed by atoms with Crippen LogP contribution in [-0.4, -0.2) is 5.78 Å². The topological polar surface area (TPSA) is 17.1 Å². The van der Waals surface area contributed by atoms with Crippen molar-refractivity contribution in [3.05, 3.63) is 193 Å². The molecule has 216 valence electrons. The van der Waals surface area contributed by atoms with Gasteiger partial charge in [-0.2, -0.15) is 0 Å². The summed E-state index contributed by atoms with van der Waals surface area (Å²) in [6.07, 6.45) is 0. The number of fused-ring (bicyclic) bond motifs is 2. The van der Waals surface area contributed by atoms with Gasteiger partial charge in [0.05, 0.1) is 0 Å². The molecule has 0 aliphatic rings. The maximum Gasteiger partial charge on any atom is 0.195 e. The average Bonchev–Trinajstić information content (AvgIpc) is 3.14. The first-order valence-electron chi connectivity index (χ1n) is 15.7. The zero-order valence-corrected chi connectivity index (χ0v) is 25.2. The van der Waals surface area contributed by atoms with E-state index in [9.17, 15) is 0 Å². The Labute approximate surface area is 269 Å². The first kappa shape index (κ1) is 27.5. The lowest BCUT2D eigenvalue weighted by molar-refractivity contribution is 0.104. The van der Waals surface area contributed by atoms with Crippen molar-refractivity contribution in [2.24, 2.45) is 0 Å². The Morgan fingerprint density at radius 1 is 0.326 bits per heavy atom. The first-order chi connectivity index (χ1) is 22.8. The van der Waals surface area contributed by atoms with Crippen molar-refractivity contribution in [3.63, 3.8) is 0 Å². The fourth-order valence-electron chi connectivity index (χ4n) is 6.79. The van der Waals surface area contributed by atoms with Crippen LogP contribution >= 0.6 is 0 Å². The molecule has 0 atom stereocenters. The normalized spacial score (nSPS) is 11.1. The SMILES string of the molecule is O=C(c1c(-c2ccccc2)c(-c2ccccc2)cc2ccccc12)c1c(-c2ccccc2)c(-c2ccccc2)cc2ccccc12. The highest BCUT2D eigenvalue weighted by molar-refractivity contribution is 6.29. The van der Waals surface area contributed by atoms with E-state index in [0.29, 0.717) is 0 Å². The second kappa shape index (κ2) is 11.8. The van der Waals surface area contributed by atoms with Gasteiger partial charge in [0.15, 0.2) is 5.78 Å². The number of carbonyl (C=O) groups excluding carboxylic acids is 1. The van der Waals surface area contributed by atoms with Gasteiger partial charge in [-0.3, -0.25) is 4.79 Å². The summed E-state index contributed by atoms with van der Waals surface area (Å²) in [5.41, 5.74) is 9.59. The van der Waals surface area contributed by atoms with Gasteiger partial charge < -0.3 is 0 Å². The molecule has 0 radical (unpaired) electrons. The Kier molecular flexibility index (Phi) is 7.05. The number of hydrogen-bond donors (Lipinski definition) is 0. The standard InChI is InChI=1S/C45H30O/c46-45(43-37-27-15-13-25-35(37)29-39(31-17-5-1-6-18-31)41(43)33-21-9-3-10-22-33)44-38-28-16-14-26-36(38)30-40(32-19-7-2-8-20-32)42(44)34-23-11-4-12-24-34/h1-30H. The van der Waals surface area contributed by atoms with Crippen LogP contribution in [0.3, 0.4) is 0 Å². The molecule has 8 aromatic rings. The van der Waals surface area contributed by atoms with Crippen molar-refractivity contribution < 1.29 is 4.79 Å². The first-order valence-corrected chi connectivity index (χ1v) is 15.7. The molecule has 0 aromatic heterocycles. The van der Waals surface area contributed by atoms with Crippen molar-refractivity contribution in [3.8, 4) is 44.5 Å². The molecule has 0 saturated carbocycles. The lowest BCUT2D eigenvalue weighted by atomic mass is 9.79. The molecular formula is C45H30O. The number of ketones is 1. The van der Waals surface area contributed by atoms with Crippen LogP contribution in [0.15, 0.2) is 182 Å². The molecule has 0 amide bonds. The molecule has 8 rings (SSSR count). The summed E-state index contributed by atoms with van der Waals surface area (Å²) in [4.78, 5) is 15.8. The molecule has 1 heteroatoms. The van der Waals surface area contributed by atoms with Gasteiger partial charge >= 0.3 is 0 Å². The third kappa shape index (κ3) is 4.80. The minimum Gasteiger partial charge on any atom is -0.289 e. The maximum atomic E-state index is 15.8. The second-order valence-corrected chi connectivity index (χ2v) is 11.6. The summed E-state index contributed by atoms with van der Waals surface area (Å²) in [5.74, 6) is 0.0145. The van der Waals surface area contributed by atoms with Crippen LogP contribution < -0.4 is 0 Å². The summed E-state index contributed by atoms with van der Waals surface area (Å²) in [6, 6.07) is 62.6. The van der Waals surface area contributed by atoms with Gasteiger partial charge in [-0.25, -0.2) is 0 Å². The van der Waals surface area contributed by atoms with Gasteiger partial charge in [-0.15, -0.1) is 0 Å². The average molecular weight is 587 g/mol. The Balaban J connectivity index is 1.55.